The van der Waals surface area contributed by atoms with Crippen molar-refractivity contribution in [2.45, 2.75) is 56.4 Å². The average Bonchev–Trinajstić information content (AvgIpc) is 3.72. The molecule has 3 aromatic carbocycles. The number of anilines is 1. The van der Waals surface area contributed by atoms with Gasteiger partial charge in [-0.05, 0) is 66.4 Å². The fourth-order valence-electron chi connectivity index (χ4n) is 8.40. The first kappa shape index (κ1) is 41.8. The van der Waals surface area contributed by atoms with Gasteiger partial charge in [-0.3, -0.25) is 23.5 Å². The summed E-state index contributed by atoms with van der Waals surface area (Å²) < 4.78 is 148. The van der Waals surface area contributed by atoms with Gasteiger partial charge in [0.2, 0.25) is 5.91 Å². The number of nitrogens with one attached hydrogen (secondary N) is 2. The first-order chi connectivity index (χ1) is 29.8. The Hall–Kier alpha value is -6.51. The van der Waals surface area contributed by atoms with Crippen molar-refractivity contribution in [2.75, 3.05) is 12.4 Å². The van der Waals surface area contributed by atoms with Crippen molar-refractivity contribution >= 4 is 45.3 Å². The van der Waals surface area contributed by atoms with E-state index in [4.69, 9.17) is 11.6 Å². The highest BCUT2D eigenvalue weighted by molar-refractivity contribution is 6.36. The number of carbonyl (C=O) groups excluding carboxylic acids is 1. The molecule has 63 heavy (non-hydrogen) atoms. The van der Waals surface area contributed by atoms with Crippen LogP contribution in [0.5, 0.6) is 0 Å². The highest BCUT2D eigenvalue weighted by Gasteiger charge is 2.67. The molecule has 4 heterocycles. The van der Waals surface area contributed by atoms with Crippen molar-refractivity contribution in [1.29, 1.82) is 0 Å². The fraction of sp³-hybridized carbons (Fsp3) is 0.268. The summed E-state index contributed by atoms with van der Waals surface area (Å²) in [5.41, 5.74) is -4.46. The van der Waals surface area contributed by atoms with E-state index < -0.39 is 102 Å². The van der Waals surface area contributed by atoms with Crippen LogP contribution < -0.4 is 16.2 Å². The van der Waals surface area contributed by atoms with Crippen molar-refractivity contribution in [1.82, 2.24) is 39.4 Å². The minimum atomic E-state index is -4.88. The summed E-state index contributed by atoms with van der Waals surface area (Å²) in [6.07, 6.45) is -8.83. The minimum Gasteiger partial charge on any atom is -0.371 e. The highest BCUT2D eigenvalue weighted by Crippen LogP contribution is 2.68. The molecular weight excluding hydrogens is 876 g/mol. The topological polar surface area (TPSA) is 125 Å². The van der Waals surface area contributed by atoms with Gasteiger partial charge in [0, 0.05) is 36.6 Å². The lowest BCUT2D eigenvalue weighted by Gasteiger charge is -2.24. The Kier molecular flexibility index (Phi) is 10.0. The third kappa shape index (κ3) is 7.30. The Morgan fingerprint density at radius 3 is 2.38 bits per heavy atom. The van der Waals surface area contributed by atoms with Crippen molar-refractivity contribution in [3.8, 4) is 16.9 Å². The van der Waals surface area contributed by atoms with E-state index in [1.807, 2.05) is 0 Å². The van der Waals surface area contributed by atoms with Gasteiger partial charge < -0.3 is 10.6 Å². The summed E-state index contributed by atoms with van der Waals surface area (Å²) >= 11 is 6.53. The third-order valence-electron chi connectivity index (χ3n) is 11.0. The largest absolute Gasteiger partial charge is 0.408 e. The van der Waals surface area contributed by atoms with E-state index >= 15 is 13.2 Å². The van der Waals surface area contributed by atoms with Gasteiger partial charge in [-0.15, -0.1) is 0 Å². The SMILES string of the molecule is CNc1nn(CC(F)(F)F)c2c(-n3c([C@H](Cc4cc(F)cc(F)c4)NC(=O)Cn4nc(C(F)F)c5c4C(F)(F)[C@@H]4C[C@H]54)nc4nc(-c5ccccc5F)ccc4c3=O)ccc(Cl)c12. The molecule has 1 fully saturated rings. The van der Waals surface area contributed by atoms with Crippen LogP contribution in [0, 0.1) is 23.4 Å². The predicted octanol–water partition coefficient (Wildman–Crippen LogP) is 8.92. The summed E-state index contributed by atoms with van der Waals surface area (Å²) in [5.74, 6) is -10.5. The van der Waals surface area contributed by atoms with Gasteiger partial charge in [-0.1, -0.05) is 23.7 Å². The molecule has 2 aliphatic rings. The number of hydrogen-bond donors (Lipinski definition) is 2. The van der Waals surface area contributed by atoms with Crippen LogP contribution >= 0.6 is 11.6 Å². The van der Waals surface area contributed by atoms with Crippen molar-refractivity contribution in [3.63, 3.8) is 0 Å². The van der Waals surface area contributed by atoms with Gasteiger partial charge >= 0.3 is 6.18 Å². The Morgan fingerprint density at radius 2 is 1.70 bits per heavy atom. The molecule has 0 aliphatic heterocycles. The highest BCUT2D eigenvalue weighted by atomic mass is 35.5. The maximum Gasteiger partial charge on any atom is 0.408 e. The van der Waals surface area contributed by atoms with Crippen molar-refractivity contribution < 1.29 is 48.7 Å². The molecule has 0 unspecified atom stereocenters. The van der Waals surface area contributed by atoms with Crippen LogP contribution in [0.1, 0.15) is 53.1 Å². The number of hydrogen-bond acceptors (Lipinski definition) is 7. The van der Waals surface area contributed by atoms with E-state index in [1.165, 1.54) is 49.5 Å². The molecule has 11 nitrogen and oxygen atoms in total. The first-order valence-corrected chi connectivity index (χ1v) is 19.4. The number of fused-ring (bicyclic) bond motifs is 5. The molecule has 7 aromatic rings. The van der Waals surface area contributed by atoms with E-state index in [0.29, 0.717) is 15.4 Å². The van der Waals surface area contributed by atoms with E-state index in [0.717, 1.165) is 22.8 Å². The summed E-state index contributed by atoms with van der Waals surface area (Å²) in [5, 5.41) is 12.5. The zero-order valence-corrected chi connectivity index (χ0v) is 32.8. The lowest BCUT2D eigenvalue weighted by Crippen LogP contribution is -2.38. The van der Waals surface area contributed by atoms with Gasteiger partial charge in [-0.2, -0.15) is 32.1 Å². The third-order valence-corrected chi connectivity index (χ3v) is 11.3. The van der Waals surface area contributed by atoms with E-state index in [9.17, 15) is 40.3 Å². The van der Waals surface area contributed by atoms with E-state index in [2.05, 4.69) is 30.8 Å². The van der Waals surface area contributed by atoms with E-state index in [-0.39, 0.29) is 67.3 Å². The second-order valence-electron chi connectivity index (χ2n) is 15.1. The molecule has 2 aliphatic carbocycles. The normalized spacial score (nSPS) is 17.0. The maximum atomic E-state index is 15.5. The molecule has 0 saturated heterocycles. The van der Waals surface area contributed by atoms with Crippen molar-refractivity contribution in [2.24, 2.45) is 5.92 Å². The smallest absolute Gasteiger partial charge is 0.371 e. The summed E-state index contributed by atoms with van der Waals surface area (Å²) in [6.45, 7) is -2.79. The zero-order chi connectivity index (χ0) is 44.9. The predicted molar refractivity (Wildman–Crippen MR) is 207 cm³/mol. The van der Waals surface area contributed by atoms with Crippen LogP contribution in [-0.4, -0.2) is 53.2 Å². The summed E-state index contributed by atoms with van der Waals surface area (Å²) in [4.78, 5) is 38.0. The molecule has 326 valence electrons. The van der Waals surface area contributed by atoms with Gasteiger partial charge in [0.25, 0.3) is 17.9 Å². The van der Waals surface area contributed by atoms with Crippen molar-refractivity contribution in [3.05, 3.63) is 128 Å². The Bertz CT molecular complexity index is 3060. The molecule has 0 spiro atoms. The number of pyridine rings is 1. The molecular formula is C41H28ClF10N9O2. The van der Waals surface area contributed by atoms with Crippen LogP contribution in [0.2, 0.25) is 5.02 Å². The molecule has 1 amide bonds. The summed E-state index contributed by atoms with van der Waals surface area (Å²) in [6, 6.07) is 11.0. The molecule has 0 bridgehead atoms. The lowest BCUT2D eigenvalue weighted by molar-refractivity contribution is -0.141. The summed E-state index contributed by atoms with van der Waals surface area (Å²) in [7, 11) is 1.36. The average molecular weight is 904 g/mol. The number of amides is 1. The quantitative estimate of drug-likeness (QED) is 0.124. The number of rotatable bonds is 11. The number of alkyl halides is 7. The van der Waals surface area contributed by atoms with Gasteiger partial charge in [-0.25, -0.2) is 31.9 Å². The second-order valence-corrected chi connectivity index (χ2v) is 15.5. The lowest BCUT2D eigenvalue weighted by atomic mass is 10.0. The molecule has 22 heteroatoms. The van der Waals surface area contributed by atoms with Gasteiger partial charge in [0.1, 0.15) is 47.8 Å². The number of benzene rings is 3. The number of carbonyl (C=O) groups is 1. The molecule has 4 aromatic heterocycles. The molecule has 0 radical (unpaired) electrons. The van der Waals surface area contributed by atoms with Crippen LogP contribution in [0.15, 0.2) is 71.5 Å². The number of aromatic nitrogens is 7. The molecule has 2 N–H and O–H groups in total. The van der Waals surface area contributed by atoms with Crippen LogP contribution in [0.25, 0.3) is 38.9 Å². The molecule has 1 saturated carbocycles. The molecule has 9 rings (SSSR count). The standard InChI is InChI=1S/C41H28ClF10N9O2/c1-53-37-31-24(42)7-9-28(33(31)60(58-37)16-40(48,49)50)61-38(56-36-21(39(61)63)6-8-26(55-36)20-4-2-3-5-25(20)45)27(12-17-10-18(43)13-19(44)11-17)54-29(62)15-59-34-30(32(57-59)35(46)47)22-14-23(22)41(34,51)52/h2-11,13,22-23,27,35H,12,14-16H2,1H3,(H,53,58)(H,54,62)/t22-,23+,27-/m0/s1. The number of halogens is 11. The Labute approximate surface area is 352 Å². The maximum absolute atomic E-state index is 15.5. The Morgan fingerprint density at radius 1 is 0.968 bits per heavy atom. The minimum absolute atomic E-state index is 0.0218. The number of nitrogens with zero attached hydrogens (tertiary/aromatic N) is 7. The van der Waals surface area contributed by atoms with Crippen LogP contribution in [-0.2, 0) is 30.2 Å². The van der Waals surface area contributed by atoms with Crippen LogP contribution in [0.3, 0.4) is 0 Å². The first-order valence-electron chi connectivity index (χ1n) is 19.0. The van der Waals surface area contributed by atoms with Gasteiger partial charge in [0.15, 0.2) is 11.5 Å². The zero-order valence-electron chi connectivity index (χ0n) is 32.1. The monoisotopic (exact) mass is 903 g/mol. The van der Waals surface area contributed by atoms with Crippen LogP contribution in [0.4, 0.5) is 49.7 Å². The van der Waals surface area contributed by atoms with Gasteiger partial charge in [0.05, 0.1) is 38.7 Å². The Balaban J connectivity index is 1.28. The second kappa shape index (κ2) is 15.1. The molecule has 3 atom stereocenters. The van der Waals surface area contributed by atoms with E-state index in [1.54, 1.807) is 0 Å². The fourth-order valence-corrected chi connectivity index (χ4v) is 8.64.